The summed E-state index contributed by atoms with van der Waals surface area (Å²) >= 11 is 0. The molecule has 1 fully saturated rings. The summed E-state index contributed by atoms with van der Waals surface area (Å²) in [6, 6.07) is 9.92. The zero-order chi connectivity index (χ0) is 22.7. The largest absolute Gasteiger partial charge is 0.361 e. The highest BCUT2D eigenvalue weighted by Crippen LogP contribution is 2.30. The number of aromatic nitrogens is 2. The van der Waals surface area contributed by atoms with Gasteiger partial charge in [0.05, 0.1) is 12.1 Å². The van der Waals surface area contributed by atoms with Gasteiger partial charge >= 0.3 is 0 Å². The Labute approximate surface area is 194 Å². The minimum Gasteiger partial charge on any atom is -0.361 e. The first-order chi connectivity index (χ1) is 15.4. The molecule has 0 amide bonds. The standard InChI is InChI=1S/C27H41N5/c1-6-25-28-24-14-15-27(4,5)29-26(24)32(25)20-23-12-10-22(11-13-23)9-8-16-30-17-18-31(7-2)21(3)19-30/h10-15,21,29H,6-9,16-20H2,1-5H3. The van der Waals surface area contributed by atoms with Crippen LogP contribution < -0.4 is 5.32 Å². The molecule has 1 saturated heterocycles. The Bertz CT molecular complexity index is 924. The number of nitrogens with one attached hydrogen (secondary N) is 1. The third-order valence-corrected chi connectivity index (χ3v) is 7.05. The highest BCUT2D eigenvalue weighted by atomic mass is 15.3. The van der Waals surface area contributed by atoms with Crippen molar-refractivity contribution in [3.05, 3.63) is 53.0 Å². The van der Waals surface area contributed by atoms with Crippen LogP contribution >= 0.6 is 0 Å². The fourth-order valence-electron chi connectivity index (χ4n) is 5.09. The molecule has 1 N–H and O–H groups in total. The molecule has 1 unspecified atom stereocenters. The summed E-state index contributed by atoms with van der Waals surface area (Å²) in [6.45, 7) is 18.1. The van der Waals surface area contributed by atoms with Crippen LogP contribution in [0.1, 0.15) is 63.7 Å². The lowest BCUT2D eigenvalue weighted by Crippen LogP contribution is -2.51. The van der Waals surface area contributed by atoms with E-state index in [9.17, 15) is 0 Å². The molecule has 5 heteroatoms. The molecular formula is C27H41N5. The molecule has 2 aliphatic rings. The quantitative estimate of drug-likeness (QED) is 0.654. The molecular weight excluding hydrogens is 394 g/mol. The summed E-state index contributed by atoms with van der Waals surface area (Å²) in [7, 11) is 0. The molecule has 5 nitrogen and oxygen atoms in total. The number of nitrogens with zero attached hydrogens (tertiary/aromatic N) is 4. The molecule has 1 aromatic heterocycles. The maximum absolute atomic E-state index is 4.85. The van der Waals surface area contributed by atoms with E-state index < -0.39 is 0 Å². The van der Waals surface area contributed by atoms with Gasteiger partial charge in [0, 0.05) is 32.1 Å². The molecule has 0 bridgehead atoms. The van der Waals surface area contributed by atoms with Crippen molar-refractivity contribution in [3.8, 4) is 0 Å². The van der Waals surface area contributed by atoms with Gasteiger partial charge in [-0.1, -0.05) is 44.2 Å². The van der Waals surface area contributed by atoms with Gasteiger partial charge < -0.3 is 14.8 Å². The Hall–Kier alpha value is -2.11. The van der Waals surface area contributed by atoms with E-state index in [1.54, 1.807) is 0 Å². The molecule has 4 rings (SSSR count). The molecule has 0 aliphatic carbocycles. The molecule has 0 saturated carbocycles. The van der Waals surface area contributed by atoms with Crippen LogP contribution in [0.25, 0.3) is 6.08 Å². The van der Waals surface area contributed by atoms with Crippen LogP contribution in [0, 0.1) is 0 Å². The predicted molar refractivity (Wildman–Crippen MR) is 135 cm³/mol. The van der Waals surface area contributed by atoms with Crippen molar-refractivity contribution in [2.75, 3.05) is 38.0 Å². The minimum atomic E-state index is -0.0410. The van der Waals surface area contributed by atoms with Gasteiger partial charge in [0.1, 0.15) is 17.3 Å². The van der Waals surface area contributed by atoms with Gasteiger partial charge in [-0.05, 0) is 63.9 Å². The van der Waals surface area contributed by atoms with E-state index >= 15 is 0 Å². The van der Waals surface area contributed by atoms with Crippen LogP contribution in [0.2, 0.25) is 0 Å². The highest BCUT2D eigenvalue weighted by molar-refractivity contribution is 5.67. The number of anilines is 1. The second kappa shape index (κ2) is 9.80. The first kappa shape index (κ1) is 23.1. The van der Waals surface area contributed by atoms with Gasteiger partial charge in [-0.15, -0.1) is 0 Å². The summed E-state index contributed by atoms with van der Waals surface area (Å²) in [5, 5.41) is 3.67. The van der Waals surface area contributed by atoms with Gasteiger partial charge in [0.25, 0.3) is 0 Å². The fraction of sp³-hybridized carbons (Fsp3) is 0.593. The third kappa shape index (κ3) is 5.26. The van der Waals surface area contributed by atoms with Gasteiger partial charge in [-0.3, -0.25) is 4.90 Å². The zero-order valence-corrected chi connectivity index (χ0v) is 20.7. The molecule has 2 aliphatic heterocycles. The molecule has 1 aromatic carbocycles. The number of hydrogen-bond acceptors (Lipinski definition) is 4. The Balaban J connectivity index is 1.33. The summed E-state index contributed by atoms with van der Waals surface area (Å²) in [4.78, 5) is 10.1. The first-order valence-electron chi connectivity index (χ1n) is 12.5. The van der Waals surface area contributed by atoms with Crippen molar-refractivity contribution in [1.29, 1.82) is 0 Å². The summed E-state index contributed by atoms with van der Waals surface area (Å²) in [5.74, 6) is 2.29. The number of aryl methyl sites for hydroxylation is 2. The molecule has 0 spiro atoms. The molecule has 174 valence electrons. The zero-order valence-electron chi connectivity index (χ0n) is 20.7. The third-order valence-electron chi connectivity index (χ3n) is 7.05. The maximum Gasteiger partial charge on any atom is 0.134 e. The second-order valence-electron chi connectivity index (χ2n) is 10.1. The second-order valence-corrected chi connectivity index (χ2v) is 10.1. The Morgan fingerprint density at radius 3 is 2.53 bits per heavy atom. The van der Waals surface area contributed by atoms with Crippen molar-refractivity contribution >= 4 is 11.9 Å². The Morgan fingerprint density at radius 2 is 1.84 bits per heavy atom. The van der Waals surface area contributed by atoms with Crippen molar-refractivity contribution in [3.63, 3.8) is 0 Å². The highest BCUT2D eigenvalue weighted by Gasteiger charge is 2.25. The van der Waals surface area contributed by atoms with E-state index in [0.717, 1.165) is 36.7 Å². The fourth-order valence-corrected chi connectivity index (χ4v) is 5.09. The number of piperazine rings is 1. The van der Waals surface area contributed by atoms with Crippen LogP contribution in [-0.4, -0.2) is 63.7 Å². The normalized spacial score (nSPS) is 20.8. The number of rotatable bonds is 8. The van der Waals surface area contributed by atoms with Crippen LogP contribution in [0.5, 0.6) is 0 Å². The molecule has 3 heterocycles. The number of fused-ring (bicyclic) bond motifs is 1. The van der Waals surface area contributed by atoms with Gasteiger partial charge in [-0.2, -0.15) is 0 Å². The topological polar surface area (TPSA) is 36.3 Å². The average Bonchev–Trinajstić information content (AvgIpc) is 3.10. The summed E-state index contributed by atoms with van der Waals surface area (Å²) < 4.78 is 2.35. The predicted octanol–water partition coefficient (Wildman–Crippen LogP) is 4.67. The number of benzene rings is 1. The van der Waals surface area contributed by atoms with Crippen LogP contribution in [-0.2, 0) is 19.4 Å². The molecule has 1 atom stereocenters. The van der Waals surface area contributed by atoms with Crippen LogP contribution in [0.3, 0.4) is 0 Å². The SMILES string of the molecule is CCc1nc2c(n1Cc1ccc(CCCN3CCN(CC)C(C)C3)cc1)NC(C)(C)C=C2. The molecule has 2 aromatic rings. The number of hydrogen-bond donors (Lipinski definition) is 1. The number of imidazole rings is 1. The lowest BCUT2D eigenvalue weighted by molar-refractivity contribution is 0.0874. The maximum atomic E-state index is 4.85. The minimum absolute atomic E-state index is 0.0410. The van der Waals surface area contributed by atoms with Crippen molar-refractivity contribution < 1.29 is 0 Å². The monoisotopic (exact) mass is 435 g/mol. The van der Waals surface area contributed by atoms with Crippen LogP contribution in [0.15, 0.2) is 30.3 Å². The van der Waals surface area contributed by atoms with E-state index in [-0.39, 0.29) is 5.54 Å². The van der Waals surface area contributed by atoms with Crippen LogP contribution in [0.4, 0.5) is 5.82 Å². The van der Waals surface area contributed by atoms with E-state index in [1.807, 2.05) is 0 Å². The van der Waals surface area contributed by atoms with E-state index in [2.05, 4.69) is 90.7 Å². The van der Waals surface area contributed by atoms with Crippen molar-refractivity contribution in [2.45, 2.75) is 72.0 Å². The van der Waals surface area contributed by atoms with Gasteiger partial charge in [-0.25, -0.2) is 4.98 Å². The lowest BCUT2D eigenvalue weighted by Gasteiger charge is -2.39. The summed E-state index contributed by atoms with van der Waals surface area (Å²) in [6.07, 6.45) is 7.69. The molecule has 0 radical (unpaired) electrons. The van der Waals surface area contributed by atoms with E-state index in [4.69, 9.17) is 4.98 Å². The lowest BCUT2D eigenvalue weighted by atomic mass is 10.0. The van der Waals surface area contributed by atoms with Gasteiger partial charge in [0.15, 0.2) is 0 Å². The smallest absolute Gasteiger partial charge is 0.134 e. The average molecular weight is 436 g/mol. The van der Waals surface area contributed by atoms with Gasteiger partial charge in [0.2, 0.25) is 0 Å². The Kier molecular flexibility index (Phi) is 7.06. The molecule has 32 heavy (non-hydrogen) atoms. The van der Waals surface area contributed by atoms with Crippen molar-refractivity contribution in [1.82, 2.24) is 19.4 Å². The number of likely N-dealkylation sites (N-methyl/N-ethyl adjacent to an activating group) is 1. The van der Waals surface area contributed by atoms with Crippen molar-refractivity contribution in [2.24, 2.45) is 0 Å². The van der Waals surface area contributed by atoms with E-state index in [0.29, 0.717) is 6.04 Å². The van der Waals surface area contributed by atoms with E-state index in [1.165, 1.54) is 50.3 Å². The first-order valence-corrected chi connectivity index (χ1v) is 12.5. The Morgan fingerprint density at radius 1 is 1.09 bits per heavy atom. The summed E-state index contributed by atoms with van der Waals surface area (Å²) in [5.41, 5.74) is 3.80.